The number of ether oxygens (including phenoxy) is 1. The number of aliphatic carboxylic acids is 1. The average molecular weight is 263 g/mol. The summed E-state index contributed by atoms with van der Waals surface area (Å²) in [5, 5.41) is 9.16. The molecule has 104 valence electrons. The van der Waals surface area contributed by atoms with Crippen LogP contribution in [0.25, 0.3) is 0 Å². The number of nitrogens with zero attached hydrogens (tertiary/aromatic N) is 1. The summed E-state index contributed by atoms with van der Waals surface area (Å²) in [7, 11) is 1.69. The van der Waals surface area contributed by atoms with Crippen molar-refractivity contribution in [3.8, 4) is 0 Å². The summed E-state index contributed by atoms with van der Waals surface area (Å²) >= 11 is 0. The zero-order chi connectivity index (χ0) is 13.8. The van der Waals surface area contributed by atoms with E-state index in [1.807, 2.05) is 19.1 Å². The Hall–Kier alpha value is -1.39. The van der Waals surface area contributed by atoms with Crippen molar-refractivity contribution in [2.45, 2.75) is 32.5 Å². The lowest BCUT2D eigenvalue weighted by Crippen LogP contribution is -2.32. The molecule has 2 unspecified atom stereocenters. The standard InChI is InChI=1S/C15H21NO3/c1-11-14(15(17)18)7-8-16(11)9-12-5-3-4-6-13(12)10-19-2/h3-6,11,14H,7-10H2,1-2H3,(H,17,18). The molecule has 0 amide bonds. The summed E-state index contributed by atoms with van der Waals surface area (Å²) in [5.74, 6) is -0.922. The van der Waals surface area contributed by atoms with Crippen LogP contribution in [0.5, 0.6) is 0 Å². The lowest BCUT2D eigenvalue weighted by atomic mass is 10.0. The second kappa shape index (κ2) is 6.17. The minimum Gasteiger partial charge on any atom is -0.481 e. The van der Waals surface area contributed by atoms with Gasteiger partial charge in [0.1, 0.15) is 0 Å². The number of benzene rings is 1. The third-order valence-electron chi connectivity index (χ3n) is 3.99. The summed E-state index contributed by atoms with van der Waals surface area (Å²) in [6.45, 7) is 4.25. The first-order valence-electron chi connectivity index (χ1n) is 6.66. The first-order valence-corrected chi connectivity index (χ1v) is 6.66. The van der Waals surface area contributed by atoms with Crippen LogP contribution >= 0.6 is 0 Å². The molecule has 2 atom stereocenters. The number of methoxy groups -OCH3 is 1. The van der Waals surface area contributed by atoms with Gasteiger partial charge in [-0.15, -0.1) is 0 Å². The Balaban J connectivity index is 2.08. The highest BCUT2D eigenvalue weighted by atomic mass is 16.5. The largest absolute Gasteiger partial charge is 0.481 e. The highest BCUT2D eigenvalue weighted by molar-refractivity contribution is 5.71. The minimum atomic E-state index is -0.680. The molecule has 1 saturated heterocycles. The van der Waals surface area contributed by atoms with Gasteiger partial charge in [0.2, 0.25) is 0 Å². The van der Waals surface area contributed by atoms with E-state index in [1.165, 1.54) is 11.1 Å². The second-order valence-corrected chi connectivity index (χ2v) is 5.15. The van der Waals surface area contributed by atoms with Crippen LogP contribution in [0.15, 0.2) is 24.3 Å². The molecule has 19 heavy (non-hydrogen) atoms. The normalized spacial score (nSPS) is 23.7. The van der Waals surface area contributed by atoms with Gasteiger partial charge in [0, 0.05) is 19.7 Å². The van der Waals surface area contributed by atoms with Crippen molar-refractivity contribution in [2.24, 2.45) is 5.92 Å². The fourth-order valence-electron chi connectivity index (χ4n) is 2.78. The number of carboxylic acid groups (broad SMARTS) is 1. The van der Waals surface area contributed by atoms with Crippen molar-refractivity contribution >= 4 is 5.97 Å². The summed E-state index contributed by atoms with van der Waals surface area (Å²) in [6.07, 6.45) is 0.739. The number of carbonyl (C=O) groups is 1. The Kier molecular flexibility index (Phi) is 4.56. The van der Waals surface area contributed by atoms with Gasteiger partial charge >= 0.3 is 5.97 Å². The fraction of sp³-hybridized carbons (Fsp3) is 0.533. The van der Waals surface area contributed by atoms with Crippen molar-refractivity contribution < 1.29 is 14.6 Å². The molecule has 1 heterocycles. The molecule has 1 aromatic rings. The Morgan fingerprint density at radius 1 is 1.42 bits per heavy atom. The number of rotatable bonds is 5. The van der Waals surface area contributed by atoms with E-state index in [0.717, 1.165) is 19.5 Å². The van der Waals surface area contributed by atoms with E-state index in [9.17, 15) is 4.79 Å². The van der Waals surface area contributed by atoms with E-state index >= 15 is 0 Å². The van der Waals surface area contributed by atoms with Gasteiger partial charge in [-0.1, -0.05) is 24.3 Å². The van der Waals surface area contributed by atoms with Crippen LogP contribution in [0.4, 0.5) is 0 Å². The Bertz CT molecular complexity index is 447. The van der Waals surface area contributed by atoms with Crippen LogP contribution in [0.3, 0.4) is 0 Å². The summed E-state index contributed by atoms with van der Waals surface area (Å²) in [4.78, 5) is 13.4. The molecule has 0 aromatic heterocycles. The quantitative estimate of drug-likeness (QED) is 0.884. The van der Waals surface area contributed by atoms with Gasteiger partial charge in [-0.25, -0.2) is 0 Å². The summed E-state index contributed by atoms with van der Waals surface area (Å²) < 4.78 is 5.21. The SMILES string of the molecule is COCc1ccccc1CN1CCC(C(=O)O)C1C. The smallest absolute Gasteiger partial charge is 0.308 e. The number of hydrogen-bond donors (Lipinski definition) is 1. The molecule has 0 aliphatic carbocycles. The zero-order valence-corrected chi connectivity index (χ0v) is 11.5. The summed E-state index contributed by atoms with van der Waals surface area (Å²) in [5.41, 5.74) is 2.40. The van der Waals surface area contributed by atoms with Crippen molar-refractivity contribution in [2.75, 3.05) is 13.7 Å². The van der Waals surface area contributed by atoms with E-state index < -0.39 is 5.97 Å². The first-order chi connectivity index (χ1) is 9.13. The zero-order valence-electron chi connectivity index (χ0n) is 11.5. The van der Waals surface area contributed by atoms with Crippen molar-refractivity contribution in [3.05, 3.63) is 35.4 Å². The van der Waals surface area contributed by atoms with Crippen LogP contribution in [0.1, 0.15) is 24.5 Å². The van der Waals surface area contributed by atoms with Gasteiger partial charge in [0.05, 0.1) is 12.5 Å². The minimum absolute atomic E-state index is 0.0908. The maximum Gasteiger partial charge on any atom is 0.308 e. The number of likely N-dealkylation sites (tertiary alicyclic amines) is 1. The molecule has 1 N–H and O–H groups in total. The van der Waals surface area contributed by atoms with Gasteiger partial charge in [-0.2, -0.15) is 0 Å². The van der Waals surface area contributed by atoms with E-state index in [1.54, 1.807) is 7.11 Å². The maximum atomic E-state index is 11.1. The third-order valence-corrected chi connectivity index (χ3v) is 3.99. The molecular formula is C15H21NO3. The number of hydrogen-bond acceptors (Lipinski definition) is 3. The van der Waals surface area contributed by atoms with Gasteiger partial charge in [-0.3, -0.25) is 9.69 Å². The van der Waals surface area contributed by atoms with E-state index in [2.05, 4.69) is 17.0 Å². The highest BCUT2D eigenvalue weighted by Crippen LogP contribution is 2.26. The van der Waals surface area contributed by atoms with Crippen molar-refractivity contribution in [3.63, 3.8) is 0 Å². The molecular weight excluding hydrogens is 242 g/mol. The summed E-state index contributed by atoms with van der Waals surface area (Å²) in [6, 6.07) is 8.27. The second-order valence-electron chi connectivity index (χ2n) is 5.15. The molecule has 0 spiro atoms. The lowest BCUT2D eigenvalue weighted by molar-refractivity contribution is -0.142. The predicted octanol–water partition coefficient (Wildman–Crippen LogP) is 2.13. The first kappa shape index (κ1) is 14.0. The Morgan fingerprint density at radius 3 is 2.68 bits per heavy atom. The van der Waals surface area contributed by atoms with Crippen LogP contribution in [0.2, 0.25) is 0 Å². The lowest BCUT2D eigenvalue weighted by Gasteiger charge is -2.24. The topological polar surface area (TPSA) is 49.8 Å². The molecule has 0 radical (unpaired) electrons. The molecule has 0 bridgehead atoms. The fourth-order valence-corrected chi connectivity index (χ4v) is 2.78. The Morgan fingerprint density at radius 2 is 2.11 bits per heavy atom. The molecule has 1 aliphatic heterocycles. The average Bonchev–Trinajstić information content (AvgIpc) is 2.74. The maximum absolute atomic E-state index is 11.1. The monoisotopic (exact) mass is 263 g/mol. The van der Waals surface area contributed by atoms with Crippen molar-refractivity contribution in [1.29, 1.82) is 0 Å². The molecule has 1 aliphatic rings. The van der Waals surface area contributed by atoms with Gasteiger partial charge in [0.15, 0.2) is 0 Å². The van der Waals surface area contributed by atoms with Gasteiger partial charge in [0.25, 0.3) is 0 Å². The molecule has 4 nitrogen and oxygen atoms in total. The van der Waals surface area contributed by atoms with E-state index in [0.29, 0.717) is 6.61 Å². The molecule has 0 saturated carbocycles. The van der Waals surface area contributed by atoms with Crippen LogP contribution in [0, 0.1) is 5.92 Å². The molecule has 1 aromatic carbocycles. The van der Waals surface area contributed by atoms with Crippen LogP contribution in [-0.2, 0) is 22.7 Å². The van der Waals surface area contributed by atoms with Crippen LogP contribution in [-0.4, -0.2) is 35.7 Å². The Labute approximate surface area is 114 Å². The molecule has 4 heteroatoms. The number of carboxylic acids is 1. The van der Waals surface area contributed by atoms with Gasteiger partial charge in [-0.05, 0) is 31.0 Å². The molecule has 1 fully saturated rings. The third kappa shape index (κ3) is 3.14. The van der Waals surface area contributed by atoms with Gasteiger partial charge < -0.3 is 9.84 Å². The van der Waals surface area contributed by atoms with E-state index in [4.69, 9.17) is 9.84 Å². The van der Waals surface area contributed by atoms with Crippen molar-refractivity contribution in [1.82, 2.24) is 4.90 Å². The van der Waals surface area contributed by atoms with E-state index in [-0.39, 0.29) is 12.0 Å². The molecule has 2 rings (SSSR count). The van der Waals surface area contributed by atoms with Crippen LogP contribution < -0.4 is 0 Å². The highest BCUT2D eigenvalue weighted by Gasteiger charge is 2.35. The predicted molar refractivity (Wildman–Crippen MR) is 72.8 cm³/mol.